The largest absolute Gasteiger partial charge is 0.332 e. The SMILES string of the molecule is CC1(C)C2=CCCC=C2n2cc3c4ccccc4n(C4C=C(c5cc(-c6ccccc6)nc(-c6ccccc6)n5)C=CC4)c3c21. The van der Waals surface area contributed by atoms with Crippen molar-refractivity contribution in [2.45, 2.75) is 44.6 Å². The average molecular weight is 583 g/mol. The first-order valence-corrected chi connectivity index (χ1v) is 16.0. The second-order valence-corrected chi connectivity index (χ2v) is 12.9. The van der Waals surface area contributed by atoms with E-state index in [1.807, 2.05) is 24.3 Å². The minimum Gasteiger partial charge on any atom is -0.332 e. The Bertz CT molecular complexity index is 2200. The molecule has 3 aromatic heterocycles. The number of allylic oxidation sites excluding steroid dienone is 8. The molecule has 4 heterocycles. The lowest BCUT2D eigenvalue weighted by molar-refractivity contribution is 0.619. The third kappa shape index (κ3) is 3.98. The predicted molar refractivity (Wildman–Crippen MR) is 186 cm³/mol. The maximum atomic E-state index is 5.15. The number of aromatic nitrogens is 4. The lowest BCUT2D eigenvalue weighted by Gasteiger charge is -2.25. The van der Waals surface area contributed by atoms with Crippen LogP contribution in [0.4, 0.5) is 0 Å². The van der Waals surface area contributed by atoms with Crippen molar-refractivity contribution in [3.63, 3.8) is 0 Å². The van der Waals surface area contributed by atoms with E-state index in [1.54, 1.807) is 0 Å². The number of nitrogens with zero attached hydrogens (tertiary/aromatic N) is 4. The van der Waals surface area contributed by atoms with E-state index in [0.717, 1.165) is 53.2 Å². The molecule has 2 aliphatic carbocycles. The standard InChI is InChI=1S/C41H34N4/c1-41(2)33-21-10-12-23-37(33)44-26-32-31-20-9-11-22-36(31)45(38(32)39(41)44)30-19-13-18-29(24-30)35-25-34(27-14-5-3-6-15-27)42-40(43-35)28-16-7-4-8-17-28/h3-9,11,13-18,20-26,30H,10,12,19H2,1-2H3. The van der Waals surface area contributed by atoms with Crippen molar-refractivity contribution in [3.8, 4) is 22.6 Å². The van der Waals surface area contributed by atoms with Gasteiger partial charge in [0.2, 0.25) is 0 Å². The molecule has 0 fully saturated rings. The monoisotopic (exact) mass is 582 g/mol. The summed E-state index contributed by atoms with van der Waals surface area (Å²) in [5.74, 6) is 0.744. The molecule has 3 aromatic carbocycles. The fraction of sp³-hybridized carbons (Fsp3) is 0.171. The highest BCUT2D eigenvalue weighted by Gasteiger charge is 2.42. The second-order valence-electron chi connectivity index (χ2n) is 12.9. The quantitative estimate of drug-likeness (QED) is 0.207. The van der Waals surface area contributed by atoms with Crippen LogP contribution in [0, 0.1) is 0 Å². The van der Waals surface area contributed by atoms with Crippen molar-refractivity contribution in [3.05, 3.63) is 145 Å². The molecular formula is C41H34N4. The Morgan fingerprint density at radius 1 is 0.756 bits per heavy atom. The maximum Gasteiger partial charge on any atom is 0.160 e. The Balaban J connectivity index is 1.25. The van der Waals surface area contributed by atoms with Gasteiger partial charge in [-0.3, -0.25) is 0 Å². The Kier molecular flexibility index (Phi) is 5.76. The van der Waals surface area contributed by atoms with Crippen LogP contribution in [0.15, 0.2) is 133 Å². The van der Waals surface area contributed by atoms with Crippen LogP contribution in [0.25, 0.3) is 55.7 Å². The van der Waals surface area contributed by atoms with Gasteiger partial charge in [0.1, 0.15) is 0 Å². The number of hydrogen-bond donors (Lipinski definition) is 0. The van der Waals surface area contributed by atoms with E-state index in [0.29, 0.717) is 0 Å². The van der Waals surface area contributed by atoms with Gasteiger partial charge in [0.15, 0.2) is 5.82 Å². The van der Waals surface area contributed by atoms with E-state index in [1.165, 1.54) is 38.8 Å². The van der Waals surface area contributed by atoms with Crippen LogP contribution >= 0.6 is 0 Å². The zero-order valence-corrected chi connectivity index (χ0v) is 25.6. The molecule has 6 aromatic rings. The molecule has 4 nitrogen and oxygen atoms in total. The zero-order valence-electron chi connectivity index (χ0n) is 25.6. The summed E-state index contributed by atoms with van der Waals surface area (Å²) in [5.41, 5.74) is 11.9. The second kappa shape index (κ2) is 9.90. The molecule has 0 radical (unpaired) electrons. The maximum absolute atomic E-state index is 5.15. The highest BCUT2D eigenvalue weighted by Crippen LogP contribution is 2.53. The molecule has 0 bridgehead atoms. The topological polar surface area (TPSA) is 35.6 Å². The van der Waals surface area contributed by atoms with Crippen LogP contribution in [0.5, 0.6) is 0 Å². The molecule has 0 N–H and O–H groups in total. The molecule has 1 atom stereocenters. The Hall–Kier alpha value is -5.22. The van der Waals surface area contributed by atoms with Gasteiger partial charge in [0.25, 0.3) is 0 Å². The van der Waals surface area contributed by atoms with E-state index in [-0.39, 0.29) is 11.5 Å². The van der Waals surface area contributed by atoms with Crippen LogP contribution in [0.1, 0.15) is 50.5 Å². The van der Waals surface area contributed by atoms with Gasteiger partial charge in [-0.1, -0.05) is 123 Å². The molecule has 218 valence electrons. The minimum absolute atomic E-state index is 0.0704. The van der Waals surface area contributed by atoms with Crippen molar-refractivity contribution >= 4 is 33.1 Å². The molecule has 0 saturated carbocycles. The molecule has 1 unspecified atom stereocenters. The summed E-state index contributed by atoms with van der Waals surface area (Å²) in [6.07, 6.45) is 17.4. The number of para-hydroxylation sites is 1. The van der Waals surface area contributed by atoms with Gasteiger partial charge in [0, 0.05) is 44.7 Å². The number of rotatable bonds is 4. The Labute approximate surface area is 263 Å². The van der Waals surface area contributed by atoms with Gasteiger partial charge in [0.05, 0.1) is 28.6 Å². The van der Waals surface area contributed by atoms with Gasteiger partial charge in [-0.15, -0.1) is 0 Å². The number of benzene rings is 3. The lowest BCUT2D eigenvalue weighted by Crippen LogP contribution is -2.18. The van der Waals surface area contributed by atoms with Crippen molar-refractivity contribution in [2.75, 3.05) is 0 Å². The molecular weight excluding hydrogens is 548 g/mol. The summed E-state index contributed by atoms with van der Waals surface area (Å²) in [6.45, 7) is 4.80. The summed E-state index contributed by atoms with van der Waals surface area (Å²) in [6, 6.07) is 31.9. The first-order valence-electron chi connectivity index (χ1n) is 16.0. The molecule has 3 aliphatic rings. The van der Waals surface area contributed by atoms with E-state index < -0.39 is 0 Å². The summed E-state index contributed by atoms with van der Waals surface area (Å²) >= 11 is 0. The van der Waals surface area contributed by atoms with Gasteiger partial charge >= 0.3 is 0 Å². The molecule has 0 amide bonds. The highest BCUT2D eigenvalue weighted by molar-refractivity contribution is 6.11. The van der Waals surface area contributed by atoms with Crippen LogP contribution in [-0.2, 0) is 5.41 Å². The average Bonchev–Trinajstić information content (AvgIpc) is 3.71. The predicted octanol–water partition coefficient (Wildman–Crippen LogP) is 10.2. The lowest BCUT2D eigenvalue weighted by atomic mass is 9.80. The molecule has 1 aliphatic heterocycles. The van der Waals surface area contributed by atoms with Crippen molar-refractivity contribution < 1.29 is 0 Å². The number of fused-ring (bicyclic) bond motifs is 7. The van der Waals surface area contributed by atoms with Gasteiger partial charge in [-0.25, -0.2) is 9.97 Å². The smallest absolute Gasteiger partial charge is 0.160 e. The van der Waals surface area contributed by atoms with Crippen LogP contribution in [0.3, 0.4) is 0 Å². The molecule has 0 spiro atoms. The van der Waals surface area contributed by atoms with E-state index >= 15 is 0 Å². The molecule has 4 heteroatoms. The molecule has 0 saturated heterocycles. The summed E-state index contributed by atoms with van der Waals surface area (Å²) in [4.78, 5) is 10.2. The Morgan fingerprint density at radius 2 is 1.47 bits per heavy atom. The fourth-order valence-corrected chi connectivity index (χ4v) is 7.78. The summed E-state index contributed by atoms with van der Waals surface area (Å²) in [5, 5.41) is 2.65. The first-order chi connectivity index (χ1) is 22.1. The van der Waals surface area contributed by atoms with Gasteiger partial charge in [-0.2, -0.15) is 0 Å². The van der Waals surface area contributed by atoms with Crippen molar-refractivity contribution in [1.29, 1.82) is 0 Å². The number of hydrogen-bond acceptors (Lipinski definition) is 2. The van der Waals surface area contributed by atoms with Crippen LogP contribution in [-0.4, -0.2) is 19.1 Å². The third-order valence-electron chi connectivity index (χ3n) is 9.83. The third-order valence-corrected chi connectivity index (χ3v) is 9.83. The van der Waals surface area contributed by atoms with Gasteiger partial charge < -0.3 is 9.13 Å². The van der Waals surface area contributed by atoms with Crippen LogP contribution in [0.2, 0.25) is 0 Å². The minimum atomic E-state index is -0.0704. The molecule has 45 heavy (non-hydrogen) atoms. The first kappa shape index (κ1) is 26.2. The van der Waals surface area contributed by atoms with Crippen LogP contribution < -0.4 is 0 Å². The normalized spacial score (nSPS) is 18.4. The zero-order chi connectivity index (χ0) is 30.1. The van der Waals surface area contributed by atoms with E-state index in [4.69, 9.17) is 9.97 Å². The summed E-state index contributed by atoms with van der Waals surface area (Å²) in [7, 11) is 0. The van der Waals surface area contributed by atoms with Gasteiger partial charge in [-0.05, 0) is 42.5 Å². The summed E-state index contributed by atoms with van der Waals surface area (Å²) < 4.78 is 5.10. The van der Waals surface area contributed by atoms with E-state index in [9.17, 15) is 0 Å². The fourth-order valence-electron chi connectivity index (χ4n) is 7.78. The highest BCUT2D eigenvalue weighted by atomic mass is 15.1. The van der Waals surface area contributed by atoms with Crippen molar-refractivity contribution in [1.82, 2.24) is 19.1 Å². The van der Waals surface area contributed by atoms with Crippen molar-refractivity contribution in [2.24, 2.45) is 0 Å². The van der Waals surface area contributed by atoms with E-state index in [2.05, 4.69) is 126 Å². The molecule has 9 rings (SSSR count). The Morgan fingerprint density at radius 3 is 2.29 bits per heavy atom.